The van der Waals surface area contributed by atoms with Crippen LogP contribution in [0.2, 0.25) is 0 Å². The third kappa shape index (κ3) is 60.7. The zero-order chi connectivity index (χ0) is 62.9. The SMILES string of the molecule is CCCCCCCCCCCCCCCCCCCCCCCC(=O)O[C@H](COC(=O)CCCCCCCCCC(C)C)COP(=O)(O)OC[C@@H](O)COP(=O)(O)OC[C@@H](COC(=O)CCCCCCC)OC(=O)CCCCCCCCC(C)C. The van der Waals surface area contributed by atoms with Crippen LogP contribution >= 0.6 is 15.6 Å². The first-order valence-electron chi connectivity index (χ1n) is 34.5. The fraction of sp³-hybridized carbons (Fsp3) is 0.939. The highest BCUT2D eigenvalue weighted by Gasteiger charge is 2.30. The first kappa shape index (κ1) is 83.1. The molecule has 0 aliphatic rings. The van der Waals surface area contributed by atoms with Gasteiger partial charge in [0.2, 0.25) is 0 Å². The van der Waals surface area contributed by atoms with Crippen molar-refractivity contribution in [2.45, 2.75) is 349 Å². The van der Waals surface area contributed by atoms with Crippen molar-refractivity contribution in [2.75, 3.05) is 39.6 Å². The van der Waals surface area contributed by atoms with E-state index in [0.29, 0.717) is 37.5 Å². The Balaban J connectivity index is 5.07. The zero-order valence-corrected chi connectivity index (χ0v) is 56.7. The maximum Gasteiger partial charge on any atom is 0.472 e. The van der Waals surface area contributed by atoms with Crippen LogP contribution in [0.25, 0.3) is 0 Å². The van der Waals surface area contributed by atoms with E-state index in [2.05, 4.69) is 41.5 Å². The molecule has 5 atom stereocenters. The molecule has 0 aliphatic heterocycles. The first-order valence-corrected chi connectivity index (χ1v) is 37.5. The molecule has 0 aromatic carbocycles. The second-order valence-electron chi connectivity index (χ2n) is 24.8. The molecule has 17 nitrogen and oxygen atoms in total. The summed E-state index contributed by atoms with van der Waals surface area (Å²) in [6.07, 6.45) is 42.6. The monoisotopic (exact) mass is 1250 g/mol. The molecular weight excluding hydrogens is 1130 g/mol. The summed E-state index contributed by atoms with van der Waals surface area (Å²) in [5.41, 5.74) is 0. The van der Waals surface area contributed by atoms with E-state index < -0.39 is 97.5 Å². The van der Waals surface area contributed by atoms with Crippen molar-refractivity contribution in [1.82, 2.24) is 0 Å². The molecule has 0 saturated carbocycles. The molecule has 19 heteroatoms. The largest absolute Gasteiger partial charge is 0.472 e. The summed E-state index contributed by atoms with van der Waals surface area (Å²) in [6, 6.07) is 0. The Labute approximate surface area is 517 Å². The molecule has 0 aromatic heterocycles. The van der Waals surface area contributed by atoms with Gasteiger partial charge in [-0.05, 0) is 37.5 Å². The molecule has 2 unspecified atom stereocenters. The Hall–Kier alpha value is -1.94. The summed E-state index contributed by atoms with van der Waals surface area (Å²) in [4.78, 5) is 71.9. The highest BCUT2D eigenvalue weighted by atomic mass is 31.2. The molecule has 0 aromatic rings. The van der Waals surface area contributed by atoms with Crippen molar-refractivity contribution in [2.24, 2.45) is 11.8 Å². The van der Waals surface area contributed by atoms with E-state index in [1.54, 1.807) is 0 Å². The second kappa shape index (κ2) is 58.4. The van der Waals surface area contributed by atoms with Gasteiger partial charge in [0.25, 0.3) is 0 Å². The van der Waals surface area contributed by atoms with E-state index in [0.717, 1.165) is 103 Å². The number of ether oxygens (including phenoxy) is 4. The Morgan fingerprint density at radius 1 is 0.318 bits per heavy atom. The van der Waals surface area contributed by atoms with Gasteiger partial charge in [-0.1, -0.05) is 279 Å². The van der Waals surface area contributed by atoms with Gasteiger partial charge >= 0.3 is 39.5 Å². The number of phosphoric acid groups is 2. The predicted molar refractivity (Wildman–Crippen MR) is 340 cm³/mol. The minimum atomic E-state index is -4.94. The molecule has 0 radical (unpaired) electrons. The van der Waals surface area contributed by atoms with Crippen LogP contribution in [0.5, 0.6) is 0 Å². The maximum absolute atomic E-state index is 13.0. The summed E-state index contributed by atoms with van der Waals surface area (Å²) in [7, 11) is -9.88. The van der Waals surface area contributed by atoms with Gasteiger partial charge in [-0.25, -0.2) is 9.13 Å². The molecule has 0 amide bonds. The molecule has 0 saturated heterocycles. The molecular formula is C66H128O17P2. The van der Waals surface area contributed by atoms with E-state index in [1.165, 1.54) is 135 Å². The quantitative estimate of drug-likeness (QED) is 0.0222. The molecule has 85 heavy (non-hydrogen) atoms. The van der Waals surface area contributed by atoms with Crippen LogP contribution in [0.4, 0.5) is 0 Å². The van der Waals surface area contributed by atoms with Gasteiger partial charge in [-0.2, -0.15) is 0 Å². The average molecular weight is 1260 g/mol. The number of unbranched alkanes of at least 4 members (excludes halogenated alkanes) is 35. The smallest absolute Gasteiger partial charge is 0.462 e. The van der Waals surface area contributed by atoms with Crippen LogP contribution in [-0.2, 0) is 65.4 Å². The Kier molecular flexibility index (Phi) is 57.1. The molecule has 3 N–H and O–H groups in total. The lowest BCUT2D eigenvalue weighted by Gasteiger charge is -2.21. The second-order valence-corrected chi connectivity index (χ2v) is 27.7. The summed E-state index contributed by atoms with van der Waals surface area (Å²) in [5, 5.41) is 10.5. The van der Waals surface area contributed by atoms with Crippen LogP contribution in [0.1, 0.15) is 330 Å². The van der Waals surface area contributed by atoms with Gasteiger partial charge in [0.05, 0.1) is 26.4 Å². The van der Waals surface area contributed by atoms with Gasteiger partial charge < -0.3 is 33.8 Å². The van der Waals surface area contributed by atoms with E-state index in [-0.39, 0.29) is 25.7 Å². The number of hydrogen-bond acceptors (Lipinski definition) is 15. The van der Waals surface area contributed by atoms with Crippen LogP contribution in [0.3, 0.4) is 0 Å². The van der Waals surface area contributed by atoms with Gasteiger partial charge in [0, 0.05) is 25.7 Å². The van der Waals surface area contributed by atoms with Crippen LogP contribution in [0.15, 0.2) is 0 Å². The summed E-state index contributed by atoms with van der Waals surface area (Å²) < 4.78 is 67.8. The minimum Gasteiger partial charge on any atom is -0.462 e. The topological polar surface area (TPSA) is 237 Å². The third-order valence-corrected chi connectivity index (χ3v) is 17.1. The van der Waals surface area contributed by atoms with Gasteiger partial charge in [-0.15, -0.1) is 0 Å². The number of aliphatic hydroxyl groups is 1. The van der Waals surface area contributed by atoms with Crippen LogP contribution in [-0.4, -0.2) is 96.7 Å². The lowest BCUT2D eigenvalue weighted by molar-refractivity contribution is -0.161. The number of carbonyl (C=O) groups excluding carboxylic acids is 4. The van der Waals surface area contributed by atoms with Crippen molar-refractivity contribution in [3.63, 3.8) is 0 Å². The van der Waals surface area contributed by atoms with Crippen molar-refractivity contribution in [3.8, 4) is 0 Å². The third-order valence-electron chi connectivity index (χ3n) is 15.2. The fourth-order valence-electron chi connectivity index (χ4n) is 9.88. The maximum atomic E-state index is 13.0. The summed E-state index contributed by atoms with van der Waals surface area (Å²) in [5.74, 6) is -0.774. The molecule has 504 valence electrons. The molecule has 0 aliphatic carbocycles. The van der Waals surface area contributed by atoms with Crippen molar-refractivity contribution in [3.05, 3.63) is 0 Å². The molecule has 0 spiro atoms. The minimum absolute atomic E-state index is 0.101. The van der Waals surface area contributed by atoms with Gasteiger partial charge in [0.1, 0.15) is 19.3 Å². The standard InChI is InChI=1S/C66H128O17P2/c1-7-9-11-13-14-15-16-17-18-19-20-21-22-23-24-25-26-27-30-38-44-50-65(70)82-62(55-77-64(69)49-43-37-31-28-29-35-40-46-58(3)4)57-81-85(74,75)79-53-60(67)52-78-84(72,73)80-56-61(54-76-63(68)48-42-34-12-10-8-2)83-66(71)51-45-39-33-32-36-41-47-59(5)6/h58-62,67H,7-57H2,1-6H3,(H,72,73)(H,74,75)/t60-,61+,62+/m0/s1. The number of rotatable bonds is 65. The average Bonchev–Trinajstić information content (AvgIpc) is 3.48. The van der Waals surface area contributed by atoms with Gasteiger partial charge in [-0.3, -0.25) is 37.3 Å². The van der Waals surface area contributed by atoms with Crippen molar-refractivity contribution in [1.29, 1.82) is 0 Å². The number of esters is 4. The highest BCUT2D eigenvalue weighted by molar-refractivity contribution is 7.47. The van der Waals surface area contributed by atoms with Gasteiger partial charge in [0.15, 0.2) is 12.2 Å². The Morgan fingerprint density at radius 3 is 0.800 bits per heavy atom. The predicted octanol–water partition coefficient (Wildman–Crippen LogP) is 18.4. The highest BCUT2D eigenvalue weighted by Crippen LogP contribution is 2.45. The van der Waals surface area contributed by atoms with Crippen LogP contribution in [0, 0.1) is 11.8 Å². The first-order chi connectivity index (χ1) is 40.9. The Bertz CT molecular complexity index is 1670. The number of carbonyl (C=O) groups is 4. The fourth-order valence-corrected chi connectivity index (χ4v) is 11.5. The molecule has 0 rings (SSSR count). The molecule has 0 fully saturated rings. The number of aliphatic hydroxyl groups excluding tert-OH is 1. The normalized spacial score (nSPS) is 14.2. The van der Waals surface area contributed by atoms with E-state index in [1.807, 2.05) is 0 Å². The molecule has 0 heterocycles. The Morgan fingerprint density at radius 2 is 0.541 bits per heavy atom. The summed E-state index contributed by atoms with van der Waals surface area (Å²) >= 11 is 0. The summed E-state index contributed by atoms with van der Waals surface area (Å²) in [6.45, 7) is 9.26. The number of hydrogen-bond donors (Lipinski definition) is 3. The lowest BCUT2D eigenvalue weighted by Crippen LogP contribution is -2.30. The van der Waals surface area contributed by atoms with E-state index in [9.17, 15) is 43.2 Å². The van der Waals surface area contributed by atoms with Crippen molar-refractivity contribution >= 4 is 39.5 Å². The van der Waals surface area contributed by atoms with Crippen molar-refractivity contribution < 1.29 is 80.2 Å². The molecule has 0 bridgehead atoms. The van der Waals surface area contributed by atoms with Crippen LogP contribution < -0.4 is 0 Å². The van der Waals surface area contributed by atoms with E-state index in [4.69, 9.17) is 37.0 Å². The zero-order valence-electron chi connectivity index (χ0n) is 54.9. The lowest BCUT2D eigenvalue weighted by atomic mass is 10.0. The number of phosphoric ester groups is 2. The van der Waals surface area contributed by atoms with E-state index >= 15 is 0 Å².